The molecule has 0 aromatic carbocycles. The van der Waals surface area contributed by atoms with Gasteiger partial charge in [-0.1, -0.05) is 0 Å². The average molecular weight is 466 g/mol. The molecule has 1 saturated heterocycles. The van der Waals surface area contributed by atoms with Crippen LogP contribution in [0.5, 0.6) is 0 Å². The first-order valence-electron chi connectivity index (χ1n) is 11.6. The molecule has 3 fully saturated rings. The molecule has 34 heavy (non-hydrogen) atoms. The summed E-state index contributed by atoms with van der Waals surface area (Å²) in [6.45, 7) is 1.57. The minimum Gasteiger partial charge on any atom is -0.391 e. The fourth-order valence-corrected chi connectivity index (χ4v) is 5.06. The molecule has 0 bridgehead atoms. The molecular formula is C23H27N7O4. The second-order valence-corrected chi connectivity index (χ2v) is 9.61. The van der Waals surface area contributed by atoms with Crippen LogP contribution in [0.4, 0.5) is 17.3 Å². The number of ether oxygens (including phenoxy) is 1. The predicted octanol–water partition coefficient (Wildman–Crippen LogP) is 1.28. The number of nitrogens with one attached hydrogen (secondary N) is 3. The van der Waals surface area contributed by atoms with E-state index in [4.69, 9.17) is 4.74 Å². The van der Waals surface area contributed by atoms with Crippen LogP contribution in [-0.2, 0) is 4.74 Å². The maximum Gasteiger partial charge on any atom is 0.274 e. The summed E-state index contributed by atoms with van der Waals surface area (Å²) in [6, 6.07) is 5.23. The van der Waals surface area contributed by atoms with Crippen molar-refractivity contribution in [2.24, 2.45) is 5.41 Å². The van der Waals surface area contributed by atoms with Crippen molar-refractivity contribution in [2.45, 2.75) is 43.9 Å². The molecule has 11 nitrogen and oxygen atoms in total. The van der Waals surface area contributed by atoms with Crippen LogP contribution in [0.2, 0.25) is 0 Å². The number of aliphatic hydroxyl groups is 1. The van der Waals surface area contributed by atoms with E-state index in [9.17, 15) is 14.7 Å². The van der Waals surface area contributed by atoms with Crippen LogP contribution in [0.1, 0.15) is 42.1 Å². The summed E-state index contributed by atoms with van der Waals surface area (Å²) in [4.78, 5) is 30.6. The van der Waals surface area contributed by atoms with Crippen LogP contribution in [0.25, 0.3) is 5.65 Å². The number of aromatic nitrogens is 4. The molecule has 2 atom stereocenters. The number of nitrogens with zero attached hydrogens (tertiary/aromatic N) is 4. The Labute approximate surface area is 195 Å². The van der Waals surface area contributed by atoms with Crippen LogP contribution in [0.15, 0.2) is 35.4 Å². The molecule has 3 aliphatic rings. The summed E-state index contributed by atoms with van der Waals surface area (Å²) < 4.78 is 8.67. The normalized spacial score (nSPS) is 23.1. The number of rotatable bonds is 6. The van der Waals surface area contributed by atoms with Gasteiger partial charge >= 0.3 is 0 Å². The molecule has 1 aliphatic heterocycles. The second-order valence-electron chi connectivity index (χ2n) is 9.61. The molecular weight excluding hydrogens is 438 g/mol. The van der Waals surface area contributed by atoms with Gasteiger partial charge in [-0.2, -0.15) is 9.61 Å². The maximum absolute atomic E-state index is 13.2. The first kappa shape index (κ1) is 21.1. The smallest absolute Gasteiger partial charge is 0.274 e. The fraction of sp³-hybridized carbons (Fsp3) is 0.478. The zero-order valence-corrected chi connectivity index (χ0v) is 18.8. The Balaban J connectivity index is 1.28. The molecule has 11 heteroatoms. The Kier molecular flexibility index (Phi) is 4.85. The number of anilines is 3. The van der Waals surface area contributed by atoms with Gasteiger partial charge in [0, 0.05) is 30.8 Å². The van der Waals surface area contributed by atoms with Crippen molar-refractivity contribution in [3.8, 4) is 0 Å². The van der Waals surface area contributed by atoms with Gasteiger partial charge in [0.2, 0.25) is 0 Å². The number of aliphatic hydroxyl groups excluding tert-OH is 1. The maximum atomic E-state index is 13.2. The van der Waals surface area contributed by atoms with E-state index in [1.807, 2.05) is 12.3 Å². The van der Waals surface area contributed by atoms with Crippen molar-refractivity contribution in [1.82, 2.24) is 24.5 Å². The van der Waals surface area contributed by atoms with Crippen molar-refractivity contribution in [3.63, 3.8) is 0 Å². The van der Waals surface area contributed by atoms with Gasteiger partial charge in [0.15, 0.2) is 5.65 Å². The first-order valence-corrected chi connectivity index (χ1v) is 11.6. The molecule has 2 aliphatic carbocycles. The Hall–Kier alpha value is -3.44. The predicted molar refractivity (Wildman–Crippen MR) is 125 cm³/mol. The standard InChI is InChI=1S/C23H27N7O4/c1-24-19-7-18(28-20-14(10-25-30(19)20)21(32)27-15-4-5-17(15)31)26-16-3-2-6-29(22(16)33)13-8-23(9-13)11-34-12-23/h2-3,6-7,10,13,15,17,24,31H,4-5,8-9,11-12H2,1H3,(H,26,28)(H,27,32). The summed E-state index contributed by atoms with van der Waals surface area (Å²) in [5.74, 6) is 0.686. The van der Waals surface area contributed by atoms with Crippen molar-refractivity contribution in [2.75, 3.05) is 30.9 Å². The molecule has 3 aromatic rings. The molecule has 4 heterocycles. The van der Waals surface area contributed by atoms with Gasteiger partial charge in [-0.25, -0.2) is 4.98 Å². The Morgan fingerprint density at radius 2 is 2.12 bits per heavy atom. The molecule has 4 N–H and O–H groups in total. The summed E-state index contributed by atoms with van der Waals surface area (Å²) >= 11 is 0. The van der Waals surface area contributed by atoms with Crippen molar-refractivity contribution < 1.29 is 14.6 Å². The highest BCUT2D eigenvalue weighted by molar-refractivity contribution is 6.00. The third kappa shape index (κ3) is 3.34. The van der Waals surface area contributed by atoms with E-state index < -0.39 is 6.10 Å². The van der Waals surface area contributed by atoms with Crippen LogP contribution < -0.4 is 21.5 Å². The summed E-state index contributed by atoms with van der Waals surface area (Å²) in [7, 11) is 1.75. The SMILES string of the molecule is CNc1cc(Nc2cccn(C3CC4(COC4)C3)c2=O)nc2c(C(=O)NC3CCC3O)cnn12. The summed E-state index contributed by atoms with van der Waals surface area (Å²) in [6.07, 6.45) is 6.09. The van der Waals surface area contributed by atoms with E-state index in [1.54, 1.807) is 23.7 Å². The Morgan fingerprint density at radius 3 is 2.76 bits per heavy atom. The molecule has 6 rings (SSSR count). The van der Waals surface area contributed by atoms with Crippen LogP contribution in [-0.4, -0.2) is 62.6 Å². The fourth-order valence-electron chi connectivity index (χ4n) is 5.06. The number of fused-ring (bicyclic) bond motifs is 1. The van der Waals surface area contributed by atoms with Gasteiger partial charge in [0.1, 0.15) is 22.9 Å². The van der Waals surface area contributed by atoms with Gasteiger partial charge in [0.25, 0.3) is 11.5 Å². The van der Waals surface area contributed by atoms with Crippen LogP contribution in [0, 0.1) is 5.41 Å². The minimum absolute atomic E-state index is 0.110. The molecule has 3 aromatic heterocycles. The third-order valence-corrected chi connectivity index (χ3v) is 7.31. The largest absolute Gasteiger partial charge is 0.391 e. The summed E-state index contributed by atoms with van der Waals surface area (Å²) in [5.41, 5.74) is 1.21. The molecule has 178 valence electrons. The summed E-state index contributed by atoms with van der Waals surface area (Å²) in [5, 5.41) is 23.1. The van der Waals surface area contributed by atoms with Gasteiger partial charge in [-0.05, 0) is 37.8 Å². The number of carbonyl (C=O) groups is 1. The lowest BCUT2D eigenvalue weighted by molar-refractivity contribution is -0.174. The highest BCUT2D eigenvalue weighted by Crippen LogP contribution is 2.52. The van der Waals surface area contributed by atoms with Crippen LogP contribution in [0.3, 0.4) is 0 Å². The number of hydrogen-bond donors (Lipinski definition) is 4. The zero-order chi connectivity index (χ0) is 23.4. The second kappa shape index (κ2) is 7.81. The van der Waals surface area contributed by atoms with E-state index in [0.717, 1.165) is 32.5 Å². The van der Waals surface area contributed by atoms with Gasteiger partial charge < -0.3 is 30.4 Å². The lowest BCUT2D eigenvalue weighted by Gasteiger charge is -2.53. The van der Waals surface area contributed by atoms with Crippen LogP contribution >= 0.6 is 0 Å². The number of carbonyl (C=O) groups excluding carboxylic acids is 1. The Bertz CT molecular complexity index is 1320. The van der Waals surface area contributed by atoms with E-state index >= 15 is 0 Å². The third-order valence-electron chi connectivity index (χ3n) is 7.31. The number of hydrogen-bond acceptors (Lipinski definition) is 8. The molecule has 1 spiro atoms. The lowest BCUT2D eigenvalue weighted by Crippen LogP contribution is -2.53. The zero-order valence-electron chi connectivity index (χ0n) is 18.8. The quantitative estimate of drug-likeness (QED) is 0.428. The molecule has 2 saturated carbocycles. The topological polar surface area (TPSA) is 135 Å². The van der Waals surface area contributed by atoms with Crippen molar-refractivity contribution in [3.05, 3.63) is 46.5 Å². The average Bonchev–Trinajstić information content (AvgIpc) is 3.20. The number of pyridine rings is 1. The van der Waals surface area contributed by atoms with Crippen molar-refractivity contribution >= 4 is 28.9 Å². The highest BCUT2D eigenvalue weighted by Gasteiger charge is 2.50. The minimum atomic E-state index is -0.522. The van der Waals surface area contributed by atoms with E-state index in [-0.39, 0.29) is 29.0 Å². The van der Waals surface area contributed by atoms with E-state index in [0.29, 0.717) is 35.0 Å². The molecule has 2 unspecified atom stereocenters. The first-order chi connectivity index (χ1) is 16.5. The van der Waals surface area contributed by atoms with Crippen molar-refractivity contribution in [1.29, 1.82) is 0 Å². The highest BCUT2D eigenvalue weighted by atomic mass is 16.5. The Morgan fingerprint density at radius 1 is 1.29 bits per heavy atom. The van der Waals surface area contributed by atoms with Gasteiger partial charge in [0.05, 0.1) is 31.6 Å². The number of amides is 1. The van der Waals surface area contributed by atoms with E-state index in [2.05, 4.69) is 26.0 Å². The lowest BCUT2D eigenvalue weighted by atomic mass is 9.64. The van der Waals surface area contributed by atoms with Gasteiger partial charge in [-0.3, -0.25) is 9.59 Å². The van der Waals surface area contributed by atoms with E-state index in [1.165, 1.54) is 10.7 Å². The monoisotopic (exact) mass is 465 g/mol. The molecule has 0 radical (unpaired) electrons. The van der Waals surface area contributed by atoms with Gasteiger partial charge in [-0.15, -0.1) is 0 Å². The molecule has 1 amide bonds.